The summed E-state index contributed by atoms with van der Waals surface area (Å²) in [5, 5.41) is 3.21. The van der Waals surface area contributed by atoms with Crippen LogP contribution in [0.15, 0.2) is 138 Å². The average molecular weight is 492 g/mol. The summed E-state index contributed by atoms with van der Waals surface area (Å²) < 4.78 is 10.8. The van der Waals surface area contributed by atoms with E-state index in [1.54, 1.807) is 6.08 Å². The molecule has 0 aromatic heterocycles. The number of ether oxygens (including phenoxy) is 1. The molecule has 4 aromatic rings. The van der Waals surface area contributed by atoms with Crippen molar-refractivity contribution in [3.8, 4) is 0 Å². The van der Waals surface area contributed by atoms with Gasteiger partial charge in [0.25, 0.3) is 0 Å². The Hall–Kier alpha value is -3.94. The molecule has 0 bridgehead atoms. The summed E-state index contributed by atoms with van der Waals surface area (Å²) in [5.41, 5.74) is 2.55. The molecule has 36 heavy (non-hydrogen) atoms. The van der Waals surface area contributed by atoms with Gasteiger partial charge in [-0.1, -0.05) is 133 Å². The summed E-state index contributed by atoms with van der Waals surface area (Å²) >= 11 is 0. The molecule has 0 aliphatic heterocycles. The largest absolute Gasteiger partial charge is 0.461 e. The van der Waals surface area contributed by atoms with E-state index in [9.17, 15) is 4.79 Å². The van der Waals surface area contributed by atoms with Gasteiger partial charge in [0, 0.05) is 15.9 Å². The smallest absolute Gasteiger partial charge is 0.356 e. The summed E-state index contributed by atoms with van der Waals surface area (Å²) in [6, 6.07) is 39.0. The van der Waals surface area contributed by atoms with Gasteiger partial charge in [-0.15, -0.1) is 0 Å². The third kappa shape index (κ3) is 5.82. The first-order chi connectivity index (χ1) is 17.6. The molecule has 0 radical (unpaired) electrons. The van der Waals surface area contributed by atoms with Crippen LogP contribution in [0.1, 0.15) is 18.1 Å². The monoisotopic (exact) mass is 491 g/mol. The molecular weight excluding hydrogens is 461 g/mol. The highest BCUT2D eigenvalue weighted by Gasteiger charge is 2.29. The number of esters is 1. The van der Waals surface area contributed by atoms with Crippen LogP contribution in [-0.4, -0.2) is 12.6 Å². The minimum atomic E-state index is -2.58. The fourth-order valence-electron chi connectivity index (χ4n) is 3.99. The van der Waals surface area contributed by atoms with Gasteiger partial charge in [0.1, 0.15) is 5.70 Å². The third-order valence-corrected chi connectivity index (χ3v) is 9.40. The molecule has 0 aliphatic carbocycles. The number of hydrogen-bond acceptors (Lipinski definition) is 3. The van der Waals surface area contributed by atoms with Gasteiger partial charge in [0.05, 0.1) is 13.7 Å². The highest BCUT2D eigenvalue weighted by Crippen LogP contribution is 2.47. The zero-order valence-corrected chi connectivity index (χ0v) is 21.5. The highest BCUT2D eigenvalue weighted by atomic mass is 31.2. The van der Waals surface area contributed by atoms with Crippen LogP contribution in [0, 0.1) is 6.92 Å². The fraction of sp³-hybridized carbons (Fsp3) is 0.0938. The van der Waals surface area contributed by atoms with Crippen molar-refractivity contribution in [1.82, 2.24) is 0 Å². The molecule has 0 amide bonds. The summed E-state index contributed by atoms with van der Waals surface area (Å²) in [5.74, 6) is -0.432. The minimum absolute atomic E-state index is 0.279. The molecule has 0 atom stereocenters. The maximum Gasteiger partial charge on any atom is 0.356 e. The number of rotatable bonds is 8. The lowest BCUT2D eigenvalue weighted by Gasteiger charge is -2.27. The van der Waals surface area contributed by atoms with Gasteiger partial charge in [0.2, 0.25) is 0 Å². The number of nitrogens with zero attached hydrogens (tertiary/aromatic N) is 1. The Labute approximate surface area is 213 Å². The van der Waals surface area contributed by atoms with Crippen LogP contribution in [-0.2, 0) is 9.53 Å². The quantitative estimate of drug-likeness (QED) is 0.120. The third-order valence-electron chi connectivity index (χ3n) is 5.75. The summed E-state index contributed by atoms with van der Waals surface area (Å²) in [6.07, 6.45) is 5.61. The van der Waals surface area contributed by atoms with E-state index < -0.39 is 13.0 Å². The van der Waals surface area contributed by atoms with Crippen LogP contribution >= 0.6 is 7.05 Å². The number of carbonyl (C=O) groups excluding carboxylic acids is 1. The van der Waals surface area contributed by atoms with Crippen molar-refractivity contribution in [2.24, 2.45) is 4.74 Å². The Morgan fingerprint density at radius 1 is 0.750 bits per heavy atom. The van der Waals surface area contributed by atoms with Gasteiger partial charge in [-0.05, 0) is 25.5 Å². The number of hydrogen-bond donors (Lipinski definition) is 0. The molecule has 0 spiro atoms. The lowest BCUT2D eigenvalue weighted by molar-refractivity contribution is -0.138. The Balaban J connectivity index is 1.99. The van der Waals surface area contributed by atoms with Crippen molar-refractivity contribution in [3.05, 3.63) is 144 Å². The normalized spacial score (nSPS) is 11.9. The van der Waals surface area contributed by atoms with E-state index in [0.717, 1.165) is 21.5 Å². The summed E-state index contributed by atoms with van der Waals surface area (Å²) in [4.78, 5) is 13.2. The van der Waals surface area contributed by atoms with Crippen LogP contribution in [0.5, 0.6) is 0 Å². The van der Waals surface area contributed by atoms with Crippen molar-refractivity contribution >= 4 is 35.0 Å². The van der Waals surface area contributed by atoms with Crippen molar-refractivity contribution in [2.75, 3.05) is 6.61 Å². The first-order valence-electron chi connectivity index (χ1n) is 12.0. The predicted molar refractivity (Wildman–Crippen MR) is 153 cm³/mol. The molecule has 4 rings (SSSR count). The van der Waals surface area contributed by atoms with Crippen LogP contribution in [0.2, 0.25) is 0 Å². The molecule has 4 aromatic carbocycles. The standard InChI is InChI=1S/C32H30NO2P/c1-3-35-32(34)31(21-13-14-27-24-22-26(2)23-25-27)33-36(28-15-7-4-8-16-28,29-17-9-5-10-18-29)30-19-11-6-12-20-30/h4-25H,3H2,1-2H3. The van der Waals surface area contributed by atoms with Gasteiger partial charge in [0.15, 0.2) is 0 Å². The van der Waals surface area contributed by atoms with Crippen LogP contribution in [0.25, 0.3) is 6.08 Å². The Kier molecular flexibility index (Phi) is 8.49. The summed E-state index contributed by atoms with van der Waals surface area (Å²) in [7, 11) is -2.58. The molecule has 180 valence electrons. The van der Waals surface area contributed by atoms with E-state index in [0.29, 0.717) is 5.70 Å². The van der Waals surface area contributed by atoms with E-state index in [2.05, 4.69) is 67.6 Å². The Bertz CT molecular complexity index is 1290. The molecular formula is C32H30NO2P. The number of allylic oxidation sites excluding steroid dienone is 2. The molecule has 0 N–H and O–H groups in total. The van der Waals surface area contributed by atoms with Crippen molar-refractivity contribution in [1.29, 1.82) is 0 Å². The van der Waals surface area contributed by atoms with Crippen LogP contribution < -0.4 is 15.9 Å². The van der Waals surface area contributed by atoms with Crippen molar-refractivity contribution in [3.63, 3.8) is 0 Å². The van der Waals surface area contributed by atoms with Gasteiger partial charge in [-0.3, -0.25) is 0 Å². The maximum atomic E-state index is 13.2. The van der Waals surface area contributed by atoms with Gasteiger partial charge in [-0.2, -0.15) is 0 Å². The molecule has 0 saturated carbocycles. The van der Waals surface area contributed by atoms with Crippen LogP contribution in [0.4, 0.5) is 0 Å². The molecule has 0 fully saturated rings. The van der Waals surface area contributed by atoms with E-state index in [1.807, 2.05) is 73.7 Å². The molecule has 4 heteroatoms. The van der Waals surface area contributed by atoms with E-state index >= 15 is 0 Å². The lowest BCUT2D eigenvalue weighted by Crippen LogP contribution is -2.26. The maximum absolute atomic E-state index is 13.2. The van der Waals surface area contributed by atoms with Crippen molar-refractivity contribution < 1.29 is 9.53 Å². The first kappa shape index (κ1) is 25.2. The summed E-state index contributed by atoms with van der Waals surface area (Å²) in [6.45, 7) is 4.15. The molecule has 0 unspecified atom stereocenters. The van der Waals surface area contributed by atoms with E-state index in [4.69, 9.17) is 9.48 Å². The molecule has 3 nitrogen and oxygen atoms in total. The lowest BCUT2D eigenvalue weighted by atomic mass is 10.1. The second-order valence-corrected chi connectivity index (χ2v) is 11.3. The highest BCUT2D eigenvalue weighted by molar-refractivity contribution is 7.87. The zero-order valence-electron chi connectivity index (χ0n) is 20.6. The molecule has 0 heterocycles. The number of aryl methyl sites for hydroxylation is 1. The fourth-order valence-corrected chi connectivity index (χ4v) is 7.51. The van der Waals surface area contributed by atoms with E-state index in [1.165, 1.54) is 5.56 Å². The van der Waals surface area contributed by atoms with Crippen LogP contribution in [0.3, 0.4) is 0 Å². The number of benzene rings is 4. The van der Waals surface area contributed by atoms with Gasteiger partial charge < -0.3 is 4.74 Å². The SMILES string of the molecule is CCOC(=O)C(=CC=Cc1ccc(C)cc1)N=P(c1ccccc1)(c1ccccc1)c1ccccc1. The second kappa shape index (κ2) is 12.2. The van der Waals surface area contributed by atoms with E-state index in [-0.39, 0.29) is 6.61 Å². The minimum Gasteiger partial charge on any atom is -0.461 e. The second-order valence-electron chi connectivity index (χ2n) is 8.28. The molecule has 0 aliphatic rings. The van der Waals surface area contributed by atoms with Gasteiger partial charge >= 0.3 is 5.97 Å². The topological polar surface area (TPSA) is 38.7 Å². The predicted octanol–water partition coefficient (Wildman–Crippen LogP) is 6.63. The zero-order chi connectivity index (χ0) is 25.2. The van der Waals surface area contributed by atoms with Gasteiger partial charge in [-0.25, -0.2) is 9.54 Å². The molecule has 0 saturated heterocycles. The Morgan fingerprint density at radius 2 is 1.22 bits per heavy atom. The first-order valence-corrected chi connectivity index (χ1v) is 13.8. The van der Waals surface area contributed by atoms with Crippen molar-refractivity contribution in [2.45, 2.75) is 13.8 Å². The number of carbonyl (C=O) groups is 1. The Morgan fingerprint density at radius 3 is 1.67 bits per heavy atom. The average Bonchev–Trinajstić information content (AvgIpc) is 2.93.